The molecule has 0 aliphatic rings. The molecular formula is C21H27N3O3S. The van der Waals surface area contributed by atoms with Crippen LogP contribution in [0.1, 0.15) is 22.8 Å². The Balaban J connectivity index is 1.82. The van der Waals surface area contributed by atoms with Crippen LogP contribution in [-0.4, -0.2) is 44.9 Å². The smallest absolute Gasteiger partial charge is 0.338 e. The first kappa shape index (κ1) is 21.5. The molecule has 2 rings (SSSR count). The van der Waals surface area contributed by atoms with E-state index in [-0.39, 0.29) is 5.97 Å². The van der Waals surface area contributed by atoms with Gasteiger partial charge >= 0.3 is 5.97 Å². The number of methoxy groups -OCH3 is 1. The van der Waals surface area contributed by atoms with Crippen molar-refractivity contribution in [2.75, 3.05) is 44.1 Å². The van der Waals surface area contributed by atoms with Gasteiger partial charge in [0.2, 0.25) is 0 Å². The number of likely N-dealkylation sites (N-methyl/N-ethyl adjacent to an activating group) is 1. The second-order valence-electron chi connectivity index (χ2n) is 6.25. The number of rotatable bonds is 8. The van der Waals surface area contributed by atoms with Gasteiger partial charge in [-0.15, -0.1) is 0 Å². The fraction of sp³-hybridized carbons (Fsp3) is 0.333. The van der Waals surface area contributed by atoms with Gasteiger partial charge in [-0.3, -0.25) is 0 Å². The molecule has 2 aromatic carbocycles. The molecule has 0 aliphatic heterocycles. The molecule has 2 N–H and O–H groups in total. The standard InChI is InChI=1S/C21H27N3O3S/c1-5-27-20(25)16-6-11-19(15(2)14-16)23-21(28)22-12-13-24(3)17-7-9-18(26-4)10-8-17/h6-11,14H,5,12-13H2,1-4H3,(H2,22,23,28). The van der Waals surface area contributed by atoms with Gasteiger partial charge in [-0.25, -0.2) is 4.79 Å². The summed E-state index contributed by atoms with van der Waals surface area (Å²) in [5.41, 5.74) is 3.41. The molecule has 28 heavy (non-hydrogen) atoms. The molecule has 0 unspecified atom stereocenters. The van der Waals surface area contributed by atoms with E-state index in [0.29, 0.717) is 23.8 Å². The van der Waals surface area contributed by atoms with Crippen molar-refractivity contribution < 1.29 is 14.3 Å². The van der Waals surface area contributed by atoms with E-state index in [9.17, 15) is 4.79 Å². The summed E-state index contributed by atoms with van der Waals surface area (Å²) in [5, 5.41) is 6.91. The Kier molecular flexibility index (Phi) is 8.07. The summed E-state index contributed by atoms with van der Waals surface area (Å²) in [6.07, 6.45) is 0. The number of nitrogens with zero attached hydrogens (tertiary/aromatic N) is 1. The lowest BCUT2D eigenvalue weighted by atomic mass is 10.1. The Morgan fingerprint density at radius 3 is 2.50 bits per heavy atom. The highest BCUT2D eigenvalue weighted by molar-refractivity contribution is 7.80. The number of benzene rings is 2. The zero-order chi connectivity index (χ0) is 20.5. The van der Waals surface area contributed by atoms with Crippen molar-refractivity contribution in [3.8, 4) is 5.75 Å². The number of carbonyl (C=O) groups excluding carboxylic acids is 1. The molecule has 0 fully saturated rings. The molecule has 0 saturated carbocycles. The third kappa shape index (κ3) is 6.13. The number of aryl methyl sites for hydroxylation is 1. The van der Waals surface area contributed by atoms with Crippen LogP contribution in [0.4, 0.5) is 11.4 Å². The molecule has 150 valence electrons. The summed E-state index contributed by atoms with van der Waals surface area (Å²) in [6, 6.07) is 13.3. The molecule has 0 aliphatic carbocycles. The quantitative estimate of drug-likeness (QED) is 0.518. The Bertz CT molecular complexity index is 809. The number of hydrogen-bond donors (Lipinski definition) is 2. The number of hydrogen-bond acceptors (Lipinski definition) is 5. The van der Waals surface area contributed by atoms with Gasteiger partial charge in [0.05, 0.1) is 19.3 Å². The zero-order valence-electron chi connectivity index (χ0n) is 16.7. The average Bonchev–Trinajstić information content (AvgIpc) is 2.69. The molecule has 0 atom stereocenters. The van der Waals surface area contributed by atoms with Crippen LogP contribution >= 0.6 is 12.2 Å². The Morgan fingerprint density at radius 1 is 1.18 bits per heavy atom. The molecule has 0 heterocycles. The third-order valence-corrected chi connectivity index (χ3v) is 4.48. The molecule has 7 heteroatoms. The predicted molar refractivity (Wildman–Crippen MR) is 118 cm³/mol. The van der Waals surface area contributed by atoms with Gasteiger partial charge in [0.1, 0.15) is 5.75 Å². The summed E-state index contributed by atoms with van der Waals surface area (Å²) in [6.45, 7) is 5.54. The summed E-state index contributed by atoms with van der Waals surface area (Å²) >= 11 is 5.37. The van der Waals surface area contributed by atoms with Crippen LogP contribution in [0.5, 0.6) is 5.75 Å². The highest BCUT2D eigenvalue weighted by Gasteiger charge is 2.09. The van der Waals surface area contributed by atoms with Crippen molar-refractivity contribution in [2.45, 2.75) is 13.8 Å². The zero-order valence-corrected chi connectivity index (χ0v) is 17.6. The van der Waals surface area contributed by atoms with E-state index < -0.39 is 0 Å². The van der Waals surface area contributed by atoms with Gasteiger partial charge in [0, 0.05) is 31.5 Å². The van der Waals surface area contributed by atoms with Crippen LogP contribution in [0.25, 0.3) is 0 Å². The molecule has 0 radical (unpaired) electrons. The molecular weight excluding hydrogens is 374 g/mol. The lowest BCUT2D eigenvalue weighted by molar-refractivity contribution is 0.0526. The SMILES string of the molecule is CCOC(=O)c1ccc(NC(=S)NCCN(C)c2ccc(OC)cc2)c(C)c1. The maximum Gasteiger partial charge on any atom is 0.338 e. The molecule has 0 amide bonds. The first-order chi connectivity index (χ1) is 13.4. The Hall–Kier alpha value is -2.80. The third-order valence-electron chi connectivity index (χ3n) is 4.23. The lowest BCUT2D eigenvalue weighted by Gasteiger charge is -2.20. The number of ether oxygens (including phenoxy) is 2. The minimum absolute atomic E-state index is 0.320. The lowest BCUT2D eigenvalue weighted by Crippen LogP contribution is -2.35. The van der Waals surface area contributed by atoms with Crippen LogP contribution < -0.4 is 20.3 Å². The van der Waals surface area contributed by atoms with E-state index in [2.05, 4.69) is 15.5 Å². The van der Waals surface area contributed by atoms with Crippen LogP contribution in [0.2, 0.25) is 0 Å². The highest BCUT2D eigenvalue weighted by atomic mass is 32.1. The molecule has 0 bridgehead atoms. The van der Waals surface area contributed by atoms with Gasteiger partial charge in [0.15, 0.2) is 5.11 Å². The highest BCUT2D eigenvalue weighted by Crippen LogP contribution is 2.18. The number of carbonyl (C=O) groups is 1. The minimum atomic E-state index is -0.320. The van der Waals surface area contributed by atoms with Crippen LogP contribution in [0, 0.1) is 6.92 Å². The number of anilines is 2. The normalized spacial score (nSPS) is 10.1. The van der Waals surface area contributed by atoms with Crippen LogP contribution in [0.15, 0.2) is 42.5 Å². The average molecular weight is 402 g/mol. The van der Waals surface area contributed by atoms with Crippen molar-refractivity contribution in [1.29, 1.82) is 0 Å². The molecule has 0 spiro atoms. The predicted octanol–water partition coefficient (Wildman–Crippen LogP) is 3.60. The first-order valence-electron chi connectivity index (χ1n) is 9.12. The maximum atomic E-state index is 11.8. The van der Waals surface area contributed by atoms with Crippen molar-refractivity contribution >= 4 is 34.7 Å². The topological polar surface area (TPSA) is 62.8 Å². The molecule has 0 saturated heterocycles. The van der Waals surface area contributed by atoms with Gasteiger partial charge in [-0.05, 0) is 74.1 Å². The summed E-state index contributed by atoms with van der Waals surface area (Å²) < 4.78 is 10.2. The maximum absolute atomic E-state index is 11.8. The van der Waals surface area contributed by atoms with Crippen LogP contribution in [0.3, 0.4) is 0 Å². The second kappa shape index (κ2) is 10.5. The van der Waals surface area contributed by atoms with Gasteiger partial charge in [0.25, 0.3) is 0 Å². The molecule has 6 nitrogen and oxygen atoms in total. The van der Waals surface area contributed by atoms with E-state index >= 15 is 0 Å². The summed E-state index contributed by atoms with van der Waals surface area (Å²) in [7, 11) is 3.68. The van der Waals surface area contributed by atoms with E-state index in [1.165, 1.54) is 0 Å². The largest absolute Gasteiger partial charge is 0.497 e. The van der Waals surface area contributed by atoms with Crippen molar-refractivity contribution in [2.24, 2.45) is 0 Å². The minimum Gasteiger partial charge on any atom is -0.497 e. The monoisotopic (exact) mass is 401 g/mol. The van der Waals surface area contributed by atoms with E-state index in [0.717, 1.165) is 29.2 Å². The number of thiocarbonyl (C=S) groups is 1. The number of esters is 1. The van der Waals surface area contributed by atoms with Crippen molar-refractivity contribution in [3.63, 3.8) is 0 Å². The van der Waals surface area contributed by atoms with Gasteiger partial charge in [-0.2, -0.15) is 0 Å². The van der Waals surface area contributed by atoms with E-state index in [4.69, 9.17) is 21.7 Å². The molecule has 2 aromatic rings. The van der Waals surface area contributed by atoms with E-state index in [1.807, 2.05) is 44.3 Å². The van der Waals surface area contributed by atoms with Gasteiger partial charge < -0.3 is 25.0 Å². The number of nitrogens with one attached hydrogen (secondary N) is 2. The van der Waals surface area contributed by atoms with Gasteiger partial charge in [-0.1, -0.05) is 0 Å². The van der Waals surface area contributed by atoms with Crippen molar-refractivity contribution in [1.82, 2.24) is 5.32 Å². The van der Waals surface area contributed by atoms with Crippen LogP contribution in [-0.2, 0) is 4.74 Å². The van der Waals surface area contributed by atoms with E-state index in [1.54, 1.807) is 26.2 Å². The Labute approximate surface area is 171 Å². The van der Waals surface area contributed by atoms with Crippen molar-refractivity contribution in [3.05, 3.63) is 53.6 Å². The Morgan fingerprint density at radius 2 is 1.89 bits per heavy atom. The second-order valence-corrected chi connectivity index (χ2v) is 6.66. The first-order valence-corrected chi connectivity index (χ1v) is 9.53. The molecule has 0 aromatic heterocycles. The summed E-state index contributed by atoms with van der Waals surface area (Å²) in [4.78, 5) is 13.9. The summed E-state index contributed by atoms with van der Waals surface area (Å²) in [5.74, 6) is 0.518. The fourth-order valence-corrected chi connectivity index (χ4v) is 2.83. The fourth-order valence-electron chi connectivity index (χ4n) is 2.61.